The quantitative estimate of drug-likeness (QED) is 0.486. The zero-order chi connectivity index (χ0) is 22.0. The topological polar surface area (TPSA) is 48.0 Å². The first-order chi connectivity index (χ1) is 15.1. The highest BCUT2D eigenvalue weighted by molar-refractivity contribution is 8.00. The lowest BCUT2D eigenvalue weighted by Gasteiger charge is -2.55. The van der Waals surface area contributed by atoms with Crippen molar-refractivity contribution in [3.05, 3.63) is 83.9 Å². The van der Waals surface area contributed by atoms with E-state index in [-0.39, 0.29) is 11.9 Å². The predicted molar refractivity (Wildman–Crippen MR) is 124 cm³/mol. The molecule has 5 nitrogen and oxygen atoms in total. The van der Waals surface area contributed by atoms with Crippen LogP contribution in [0.25, 0.3) is 0 Å². The van der Waals surface area contributed by atoms with E-state index in [2.05, 4.69) is 12.1 Å². The molecule has 0 N–H and O–H groups in total. The van der Waals surface area contributed by atoms with Gasteiger partial charge in [0, 0.05) is 11.3 Å². The molecule has 0 unspecified atom stereocenters. The molecular formula is C25H25NO4S. The van der Waals surface area contributed by atoms with E-state index in [1.165, 1.54) is 11.8 Å². The van der Waals surface area contributed by atoms with Gasteiger partial charge in [-0.25, -0.2) is 0 Å². The van der Waals surface area contributed by atoms with Gasteiger partial charge in [0.25, 0.3) is 5.91 Å². The Morgan fingerprint density at radius 3 is 2.06 bits per heavy atom. The van der Waals surface area contributed by atoms with Crippen LogP contribution in [0.4, 0.5) is 5.69 Å². The minimum atomic E-state index is -0.846. The number of benzene rings is 3. The predicted octanol–water partition coefficient (Wildman–Crippen LogP) is 5.06. The molecule has 0 radical (unpaired) electrons. The maximum atomic E-state index is 13.9. The summed E-state index contributed by atoms with van der Waals surface area (Å²) < 4.78 is 15.6. The first-order valence-electron chi connectivity index (χ1n) is 9.91. The summed E-state index contributed by atoms with van der Waals surface area (Å²) in [5.41, 5.74) is 2.69. The highest BCUT2D eigenvalue weighted by Gasteiger charge is 2.63. The standard InChI is InChI=1S/C25H25NO4S/c1-28-19-12-10-18(11-13-19)26-23(17-8-6-5-7-9-17)25(31-4,24(26)27)21-16-20(29-2)14-15-22(21)30-3/h5-16,23H,1-4H3/t23-,25+/m1/s1. The number of β-lactam (4-membered cyclic amide) rings is 1. The molecule has 1 aliphatic rings. The van der Waals surface area contributed by atoms with Gasteiger partial charge in [-0.3, -0.25) is 4.79 Å². The van der Waals surface area contributed by atoms with Gasteiger partial charge >= 0.3 is 0 Å². The molecule has 1 heterocycles. The zero-order valence-electron chi connectivity index (χ0n) is 18.0. The molecule has 1 aliphatic heterocycles. The van der Waals surface area contributed by atoms with Crippen molar-refractivity contribution < 1.29 is 19.0 Å². The second-order valence-electron chi connectivity index (χ2n) is 7.19. The molecule has 3 aromatic carbocycles. The van der Waals surface area contributed by atoms with E-state index in [0.717, 1.165) is 22.6 Å². The van der Waals surface area contributed by atoms with Gasteiger partial charge in [-0.2, -0.15) is 0 Å². The number of hydrogen-bond acceptors (Lipinski definition) is 5. The van der Waals surface area contributed by atoms with Gasteiger partial charge in [-0.05, 0) is 54.3 Å². The molecule has 6 heteroatoms. The molecule has 0 aliphatic carbocycles. The number of hydrogen-bond donors (Lipinski definition) is 0. The number of thioether (sulfide) groups is 1. The Morgan fingerprint density at radius 2 is 1.48 bits per heavy atom. The van der Waals surface area contributed by atoms with Gasteiger partial charge in [0.1, 0.15) is 22.0 Å². The van der Waals surface area contributed by atoms with Crippen LogP contribution in [-0.2, 0) is 9.54 Å². The van der Waals surface area contributed by atoms with Crippen molar-refractivity contribution in [3.63, 3.8) is 0 Å². The zero-order valence-corrected chi connectivity index (χ0v) is 18.8. The normalized spacial score (nSPS) is 20.2. The van der Waals surface area contributed by atoms with Crippen LogP contribution in [0.1, 0.15) is 17.2 Å². The van der Waals surface area contributed by atoms with E-state index in [1.807, 2.05) is 71.8 Å². The number of methoxy groups -OCH3 is 3. The number of carbonyl (C=O) groups excluding carboxylic acids is 1. The number of carbonyl (C=O) groups is 1. The fourth-order valence-corrected chi connectivity index (χ4v) is 5.35. The van der Waals surface area contributed by atoms with Gasteiger partial charge in [-0.15, -0.1) is 11.8 Å². The Hall–Kier alpha value is -3.12. The third kappa shape index (κ3) is 3.31. The number of anilines is 1. The van der Waals surface area contributed by atoms with Gasteiger partial charge < -0.3 is 19.1 Å². The summed E-state index contributed by atoms with van der Waals surface area (Å²) in [5.74, 6) is 2.11. The van der Waals surface area contributed by atoms with Crippen LogP contribution in [0.5, 0.6) is 17.2 Å². The molecule has 0 bridgehead atoms. The smallest absolute Gasteiger partial charge is 0.251 e. The molecule has 31 heavy (non-hydrogen) atoms. The minimum Gasteiger partial charge on any atom is -0.497 e. The van der Waals surface area contributed by atoms with Crippen LogP contribution in [0.3, 0.4) is 0 Å². The van der Waals surface area contributed by atoms with Crippen LogP contribution in [-0.4, -0.2) is 33.5 Å². The molecular weight excluding hydrogens is 410 g/mol. The summed E-state index contributed by atoms with van der Waals surface area (Å²) in [6.45, 7) is 0. The molecule has 1 amide bonds. The lowest BCUT2D eigenvalue weighted by molar-refractivity contribution is -0.128. The van der Waals surface area contributed by atoms with Crippen molar-refractivity contribution in [2.75, 3.05) is 32.5 Å². The third-order valence-corrected chi connectivity index (χ3v) is 7.04. The van der Waals surface area contributed by atoms with Gasteiger partial charge in [-0.1, -0.05) is 30.3 Å². The van der Waals surface area contributed by atoms with Crippen LogP contribution >= 0.6 is 11.8 Å². The second-order valence-corrected chi connectivity index (χ2v) is 8.24. The molecule has 0 aromatic heterocycles. The van der Waals surface area contributed by atoms with Crippen LogP contribution in [0.2, 0.25) is 0 Å². The van der Waals surface area contributed by atoms with Crippen molar-refractivity contribution in [2.24, 2.45) is 0 Å². The SMILES string of the molecule is COc1ccc(N2C(=O)[C@](SC)(c3cc(OC)ccc3OC)[C@H]2c2ccccc2)cc1. The maximum absolute atomic E-state index is 13.9. The molecule has 1 saturated heterocycles. The summed E-state index contributed by atoms with van der Waals surface area (Å²) in [6.07, 6.45) is 1.97. The molecule has 2 atom stereocenters. The van der Waals surface area contributed by atoms with E-state index in [1.54, 1.807) is 21.3 Å². The fourth-order valence-electron chi connectivity index (χ4n) is 4.23. The number of nitrogens with zero attached hydrogens (tertiary/aromatic N) is 1. The van der Waals surface area contributed by atoms with Gasteiger partial charge in [0.2, 0.25) is 0 Å². The summed E-state index contributed by atoms with van der Waals surface area (Å²) in [5, 5.41) is 0. The van der Waals surface area contributed by atoms with Crippen LogP contribution in [0, 0.1) is 0 Å². The molecule has 160 valence electrons. The summed E-state index contributed by atoms with van der Waals surface area (Å²) in [7, 11) is 4.88. The number of amides is 1. The summed E-state index contributed by atoms with van der Waals surface area (Å²) in [6, 6.07) is 23.1. The maximum Gasteiger partial charge on any atom is 0.251 e. The van der Waals surface area contributed by atoms with Crippen LogP contribution in [0.15, 0.2) is 72.8 Å². The van der Waals surface area contributed by atoms with Gasteiger partial charge in [0.15, 0.2) is 0 Å². The minimum absolute atomic E-state index is 0.00516. The molecule has 1 fully saturated rings. The monoisotopic (exact) mass is 435 g/mol. The third-order valence-electron chi connectivity index (χ3n) is 5.77. The van der Waals surface area contributed by atoms with E-state index in [4.69, 9.17) is 14.2 Å². The van der Waals surface area contributed by atoms with Gasteiger partial charge in [0.05, 0.1) is 27.4 Å². The van der Waals surface area contributed by atoms with E-state index in [0.29, 0.717) is 11.5 Å². The van der Waals surface area contributed by atoms with E-state index < -0.39 is 4.75 Å². The second kappa shape index (κ2) is 8.55. The average Bonchev–Trinajstić information content (AvgIpc) is 2.83. The van der Waals surface area contributed by atoms with E-state index >= 15 is 0 Å². The lowest BCUT2D eigenvalue weighted by Crippen LogP contribution is -2.65. The Balaban J connectivity index is 1.90. The molecule has 0 spiro atoms. The summed E-state index contributed by atoms with van der Waals surface area (Å²) >= 11 is 1.53. The molecule has 0 saturated carbocycles. The molecule has 3 aromatic rings. The Kier molecular flexibility index (Phi) is 5.83. The molecule has 4 rings (SSSR count). The Labute approximate surface area is 186 Å². The average molecular weight is 436 g/mol. The summed E-state index contributed by atoms with van der Waals surface area (Å²) in [4.78, 5) is 15.8. The highest BCUT2D eigenvalue weighted by Crippen LogP contribution is 2.61. The van der Waals surface area contributed by atoms with Crippen LogP contribution < -0.4 is 19.1 Å². The number of ether oxygens (including phenoxy) is 3. The van der Waals surface area contributed by atoms with Crippen molar-refractivity contribution in [3.8, 4) is 17.2 Å². The van der Waals surface area contributed by atoms with Crippen molar-refractivity contribution in [1.29, 1.82) is 0 Å². The largest absolute Gasteiger partial charge is 0.497 e. The number of rotatable bonds is 7. The van der Waals surface area contributed by atoms with Crippen molar-refractivity contribution in [1.82, 2.24) is 0 Å². The van der Waals surface area contributed by atoms with Crippen molar-refractivity contribution >= 4 is 23.4 Å². The Morgan fingerprint density at radius 1 is 0.839 bits per heavy atom. The van der Waals surface area contributed by atoms with Crippen molar-refractivity contribution in [2.45, 2.75) is 10.8 Å². The highest BCUT2D eigenvalue weighted by atomic mass is 32.2. The fraction of sp³-hybridized carbons (Fsp3) is 0.240. The van der Waals surface area contributed by atoms with E-state index in [9.17, 15) is 4.79 Å². The first kappa shape index (κ1) is 21.1. The first-order valence-corrected chi connectivity index (χ1v) is 11.1. The lowest BCUT2D eigenvalue weighted by atomic mass is 9.75. The Bertz CT molecular complexity index is 1070.